The molecule has 6 heteroatoms. The molecule has 2 aliphatic carbocycles. The molecule has 0 spiro atoms. The highest BCUT2D eigenvalue weighted by atomic mass is 35.5. The molecule has 4 nitrogen and oxygen atoms in total. The molecule has 3 rings (SSSR count). The van der Waals surface area contributed by atoms with Crippen molar-refractivity contribution in [3.05, 3.63) is 21.4 Å². The molecule has 1 aromatic heterocycles. The van der Waals surface area contributed by atoms with Crippen LogP contribution in [0.2, 0.25) is 10.0 Å². The molecule has 0 aromatic carbocycles. The lowest BCUT2D eigenvalue weighted by atomic mass is 9.88. The van der Waals surface area contributed by atoms with E-state index >= 15 is 0 Å². The Kier molecular flexibility index (Phi) is 7.87. The van der Waals surface area contributed by atoms with E-state index in [1.54, 1.807) is 0 Å². The van der Waals surface area contributed by atoms with Gasteiger partial charge in [0.15, 0.2) is 5.75 Å². The van der Waals surface area contributed by atoms with Gasteiger partial charge in [0.2, 0.25) is 5.91 Å². The lowest BCUT2D eigenvalue weighted by molar-refractivity contribution is -0.138. The summed E-state index contributed by atoms with van der Waals surface area (Å²) in [5.41, 5.74) is 1.38. The molecule has 1 aromatic rings. The van der Waals surface area contributed by atoms with Gasteiger partial charge in [0.1, 0.15) is 10.0 Å². The Bertz CT molecular complexity index is 639. The smallest absolute Gasteiger partial charge is 0.226 e. The van der Waals surface area contributed by atoms with E-state index in [9.17, 15) is 4.79 Å². The monoisotopic (exact) mass is 426 g/mol. The fraction of sp³-hybridized carbons (Fsp3) is 0.727. The molecule has 0 bridgehead atoms. The van der Waals surface area contributed by atoms with Crippen molar-refractivity contribution < 1.29 is 9.53 Å². The van der Waals surface area contributed by atoms with Gasteiger partial charge in [-0.2, -0.15) is 0 Å². The first-order valence-corrected chi connectivity index (χ1v) is 11.5. The molecular formula is C22H32Cl2N2O2. The third kappa shape index (κ3) is 5.13. The zero-order valence-corrected chi connectivity index (χ0v) is 18.6. The second-order valence-electron chi connectivity index (χ2n) is 8.22. The van der Waals surface area contributed by atoms with Gasteiger partial charge in [-0.15, -0.1) is 0 Å². The van der Waals surface area contributed by atoms with Gasteiger partial charge in [-0.05, 0) is 39.5 Å². The average Bonchev–Trinajstić information content (AvgIpc) is 2.71. The first-order chi connectivity index (χ1) is 13.5. The molecule has 0 radical (unpaired) electrons. The molecule has 0 unspecified atom stereocenters. The van der Waals surface area contributed by atoms with Gasteiger partial charge in [-0.1, -0.05) is 61.7 Å². The van der Waals surface area contributed by atoms with Crippen LogP contribution < -0.4 is 4.74 Å². The molecule has 2 fully saturated rings. The number of nitrogens with zero attached hydrogens (tertiary/aromatic N) is 2. The highest BCUT2D eigenvalue weighted by Gasteiger charge is 2.32. The van der Waals surface area contributed by atoms with Crippen molar-refractivity contribution in [2.24, 2.45) is 0 Å². The Labute approximate surface area is 178 Å². The topological polar surface area (TPSA) is 42.4 Å². The molecule has 1 heterocycles. The SMILES string of the molecule is Cc1nc(C)c(Cl)c(OCCC(=O)N(C2CCCCC2)C2CCCCC2)c1Cl. The number of amides is 1. The van der Waals surface area contributed by atoms with Crippen LogP contribution in [-0.2, 0) is 4.79 Å². The average molecular weight is 427 g/mol. The fourth-order valence-electron chi connectivity index (χ4n) is 4.69. The predicted octanol–water partition coefficient (Wildman–Crippen LogP) is 6.27. The highest BCUT2D eigenvalue weighted by molar-refractivity contribution is 6.37. The summed E-state index contributed by atoms with van der Waals surface area (Å²) in [6.07, 6.45) is 12.5. The minimum absolute atomic E-state index is 0.216. The Balaban J connectivity index is 1.65. The Morgan fingerprint density at radius 2 is 1.39 bits per heavy atom. The zero-order valence-electron chi connectivity index (χ0n) is 17.1. The summed E-state index contributed by atoms with van der Waals surface area (Å²) in [6.45, 7) is 3.95. The van der Waals surface area contributed by atoms with Crippen LogP contribution in [0.25, 0.3) is 0 Å². The Morgan fingerprint density at radius 1 is 0.929 bits per heavy atom. The number of aryl methyl sites for hydroxylation is 2. The second-order valence-corrected chi connectivity index (χ2v) is 8.98. The molecule has 2 saturated carbocycles. The molecule has 0 N–H and O–H groups in total. The van der Waals surface area contributed by atoms with Crippen LogP contribution in [0.3, 0.4) is 0 Å². The molecular weight excluding hydrogens is 395 g/mol. The van der Waals surface area contributed by atoms with Gasteiger partial charge in [-0.3, -0.25) is 9.78 Å². The van der Waals surface area contributed by atoms with Crippen LogP contribution in [-0.4, -0.2) is 34.5 Å². The normalized spacial score (nSPS) is 18.9. The minimum atomic E-state index is 0.216. The number of hydrogen-bond acceptors (Lipinski definition) is 3. The van der Waals surface area contributed by atoms with Crippen molar-refractivity contribution in [3.63, 3.8) is 0 Å². The highest BCUT2D eigenvalue weighted by Crippen LogP contribution is 2.36. The molecule has 0 aliphatic heterocycles. The summed E-state index contributed by atoms with van der Waals surface area (Å²) in [5, 5.41) is 0.860. The predicted molar refractivity (Wildman–Crippen MR) is 114 cm³/mol. The molecule has 156 valence electrons. The Hall–Kier alpha value is -1.00. The summed E-state index contributed by atoms with van der Waals surface area (Å²) >= 11 is 12.6. The van der Waals surface area contributed by atoms with E-state index in [0.717, 1.165) is 25.7 Å². The molecule has 1 amide bonds. The van der Waals surface area contributed by atoms with Crippen LogP contribution >= 0.6 is 23.2 Å². The van der Waals surface area contributed by atoms with Gasteiger partial charge >= 0.3 is 0 Å². The lowest BCUT2D eigenvalue weighted by Crippen LogP contribution is -2.49. The van der Waals surface area contributed by atoms with Crippen LogP contribution in [0.4, 0.5) is 0 Å². The third-order valence-electron chi connectivity index (χ3n) is 6.16. The zero-order chi connectivity index (χ0) is 20.1. The van der Waals surface area contributed by atoms with Crippen molar-refractivity contribution in [2.75, 3.05) is 6.61 Å². The summed E-state index contributed by atoms with van der Waals surface area (Å²) in [4.78, 5) is 19.7. The van der Waals surface area contributed by atoms with E-state index in [0.29, 0.717) is 45.7 Å². The molecule has 28 heavy (non-hydrogen) atoms. The van der Waals surface area contributed by atoms with Gasteiger partial charge in [0, 0.05) is 12.1 Å². The maximum absolute atomic E-state index is 13.2. The molecule has 0 atom stereocenters. The van der Waals surface area contributed by atoms with E-state index in [1.165, 1.54) is 38.5 Å². The van der Waals surface area contributed by atoms with Crippen LogP contribution in [0.5, 0.6) is 5.75 Å². The number of carbonyl (C=O) groups excluding carboxylic acids is 1. The van der Waals surface area contributed by atoms with Crippen LogP contribution in [0.1, 0.15) is 82.0 Å². The lowest BCUT2D eigenvalue weighted by Gasteiger charge is -2.42. The number of carbonyl (C=O) groups is 1. The van der Waals surface area contributed by atoms with Gasteiger partial charge in [0.05, 0.1) is 24.4 Å². The van der Waals surface area contributed by atoms with Crippen LogP contribution in [0, 0.1) is 13.8 Å². The summed E-state index contributed by atoms with van der Waals surface area (Å²) in [6, 6.07) is 0.809. The molecule has 0 saturated heterocycles. The maximum Gasteiger partial charge on any atom is 0.226 e. The minimum Gasteiger partial charge on any atom is -0.490 e. The number of ether oxygens (including phenoxy) is 1. The number of rotatable bonds is 6. The van der Waals surface area contributed by atoms with Gasteiger partial charge in [0.25, 0.3) is 0 Å². The van der Waals surface area contributed by atoms with E-state index in [2.05, 4.69) is 9.88 Å². The summed E-state index contributed by atoms with van der Waals surface area (Å²) < 4.78 is 5.87. The van der Waals surface area contributed by atoms with Gasteiger partial charge in [-0.25, -0.2) is 0 Å². The Morgan fingerprint density at radius 3 is 1.86 bits per heavy atom. The van der Waals surface area contributed by atoms with Crippen molar-refractivity contribution in [2.45, 2.75) is 96.6 Å². The maximum atomic E-state index is 13.2. The fourth-order valence-corrected chi connectivity index (χ4v) is 5.13. The number of pyridine rings is 1. The number of aromatic nitrogens is 1. The third-order valence-corrected chi connectivity index (χ3v) is 7.05. The van der Waals surface area contributed by atoms with Gasteiger partial charge < -0.3 is 9.64 Å². The van der Waals surface area contributed by atoms with Crippen molar-refractivity contribution in [3.8, 4) is 5.75 Å². The van der Waals surface area contributed by atoms with Crippen molar-refractivity contribution >= 4 is 29.1 Å². The van der Waals surface area contributed by atoms with E-state index < -0.39 is 0 Å². The van der Waals surface area contributed by atoms with Crippen molar-refractivity contribution in [1.29, 1.82) is 0 Å². The van der Waals surface area contributed by atoms with E-state index in [4.69, 9.17) is 27.9 Å². The first kappa shape index (κ1) is 21.7. The summed E-state index contributed by atoms with van der Waals surface area (Å²) in [5.74, 6) is 0.663. The van der Waals surface area contributed by atoms with E-state index in [1.807, 2.05) is 13.8 Å². The quantitative estimate of drug-likeness (QED) is 0.538. The largest absolute Gasteiger partial charge is 0.490 e. The van der Waals surface area contributed by atoms with E-state index in [-0.39, 0.29) is 12.5 Å². The second kappa shape index (κ2) is 10.2. The van der Waals surface area contributed by atoms with Crippen molar-refractivity contribution in [1.82, 2.24) is 9.88 Å². The summed E-state index contributed by atoms with van der Waals surface area (Å²) in [7, 11) is 0. The standard InChI is InChI=1S/C22H32Cl2N2O2/c1-15-20(23)22(21(24)16(2)25-15)28-14-13-19(27)26(17-9-5-3-6-10-17)18-11-7-4-8-12-18/h17-18H,3-14H2,1-2H3. The number of hydrogen-bond donors (Lipinski definition) is 0. The molecule has 2 aliphatic rings. The first-order valence-electron chi connectivity index (χ1n) is 10.7. The number of halogens is 2. The van der Waals surface area contributed by atoms with Crippen LogP contribution in [0.15, 0.2) is 0 Å².